The molecule has 0 spiro atoms. The summed E-state index contributed by atoms with van der Waals surface area (Å²) in [6.45, 7) is 2.12. The Morgan fingerprint density at radius 2 is 1.86 bits per heavy atom. The molecule has 0 aliphatic heterocycles. The van der Waals surface area contributed by atoms with Crippen molar-refractivity contribution in [2.24, 2.45) is 0 Å². The predicted molar refractivity (Wildman–Crippen MR) is 69.8 cm³/mol. The minimum absolute atomic E-state index is 0.218. The van der Waals surface area contributed by atoms with Gasteiger partial charge in [-0.25, -0.2) is 17.5 Å². The average Bonchev–Trinajstić information content (AvgIpc) is 2.37. The van der Waals surface area contributed by atoms with E-state index in [0.717, 1.165) is 6.07 Å². The van der Waals surface area contributed by atoms with Crippen LogP contribution >= 0.6 is 0 Å². The minimum atomic E-state index is -4.68. The van der Waals surface area contributed by atoms with E-state index in [1.165, 1.54) is 17.7 Å². The van der Waals surface area contributed by atoms with Gasteiger partial charge in [0.2, 0.25) is 10.0 Å². The number of hydrogen-bond acceptors (Lipinski definition) is 3. The standard InChI is InChI=1S/C12H16F4N2O2S/c1-3-17-6-9-4-10(13)8(2)11(5-9)21(19,20)18-7-12(14,15)16/h4-5,17-18H,3,6-7H2,1-2H3. The van der Waals surface area contributed by atoms with Crippen molar-refractivity contribution in [2.45, 2.75) is 31.5 Å². The zero-order valence-electron chi connectivity index (χ0n) is 11.5. The van der Waals surface area contributed by atoms with Crippen LogP contribution in [-0.2, 0) is 16.6 Å². The molecule has 9 heteroatoms. The Balaban J connectivity index is 3.12. The first-order valence-corrected chi connectivity index (χ1v) is 7.61. The highest BCUT2D eigenvalue weighted by atomic mass is 32.2. The van der Waals surface area contributed by atoms with Crippen molar-refractivity contribution < 1.29 is 26.0 Å². The second-order valence-electron chi connectivity index (χ2n) is 4.42. The fourth-order valence-corrected chi connectivity index (χ4v) is 2.93. The van der Waals surface area contributed by atoms with Gasteiger partial charge in [0.15, 0.2) is 0 Å². The van der Waals surface area contributed by atoms with E-state index in [9.17, 15) is 26.0 Å². The fourth-order valence-electron chi connectivity index (χ4n) is 1.61. The van der Waals surface area contributed by atoms with E-state index in [4.69, 9.17) is 0 Å². The molecular formula is C12H16F4N2O2S. The summed E-state index contributed by atoms with van der Waals surface area (Å²) in [5.74, 6) is -0.780. The summed E-state index contributed by atoms with van der Waals surface area (Å²) in [5, 5.41) is 2.88. The second kappa shape index (κ2) is 6.71. The van der Waals surface area contributed by atoms with Gasteiger partial charge in [-0.3, -0.25) is 0 Å². The summed E-state index contributed by atoms with van der Waals surface area (Å²) >= 11 is 0. The van der Waals surface area contributed by atoms with Crippen molar-refractivity contribution >= 4 is 10.0 Å². The lowest BCUT2D eigenvalue weighted by Crippen LogP contribution is -2.34. The smallest absolute Gasteiger partial charge is 0.313 e. The second-order valence-corrected chi connectivity index (χ2v) is 6.16. The first-order valence-electron chi connectivity index (χ1n) is 6.13. The van der Waals surface area contributed by atoms with Crippen LogP contribution in [0.2, 0.25) is 0 Å². The third-order valence-corrected chi connectivity index (χ3v) is 4.22. The van der Waals surface area contributed by atoms with E-state index in [1.807, 2.05) is 6.92 Å². The van der Waals surface area contributed by atoms with Crippen LogP contribution in [0.5, 0.6) is 0 Å². The highest BCUT2D eigenvalue weighted by Gasteiger charge is 2.31. The molecule has 0 aromatic heterocycles. The van der Waals surface area contributed by atoms with Gasteiger partial charge in [0.1, 0.15) is 12.4 Å². The fraction of sp³-hybridized carbons (Fsp3) is 0.500. The molecule has 0 fully saturated rings. The molecule has 0 saturated heterocycles. The lowest BCUT2D eigenvalue weighted by atomic mass is 10.1. The van der Waals surface area contributed by atoms with Crippen molar-refractivity contribution in [3.63, 3.8) is 0 Å². The van der Waals surface area contributed by atoms with Crippen LogP contribution in [0.25, 0.3) is 0 Å². The van der Waals surface area contributed by atoms with E-state index in [1.54, 1.807) is 0 Å². The molecule has 0 atom stereocenters. The maximum Gasteiger partial charge on any atom is 0.402 e. The quantitative estimate of drug-likeness (QED) is 0.786. The van der Waals surface area contributed by atoms with Crippen LogP contribution in [-0.4, -0.2) is 27.7 Å². The van der Waals surface area contributed by atoms with Gasteiger partial charge in [-0.05, 0) is 31.2 Å². The summed E-state index contributed by atoms with van der Waals surface area (Å²) in [4.78, 5) is -0.486. The molecule has 0 aliphatic carbocycles. The number of hydrogen-bond donors (Lipinski definition) is 2. The van der Waals surface area contributed by atoms with Gasteiger partial charge in [0.05, 0.1) is 4.90 Å². The van der Waals surface area contributed by atoms with Crippen LogP contribution < -0.4 is 10.0 Å². The molecular weight excluding hydrogens is 312 g/mol. The largest absolute Gasteiger partial charge is 0.402 e. The van der Waals surface area contributed by atoms with Gasteiger partial charge in [-0.2, -0.15) is 13.2 Å². The van der Waals surface area contributed by atoms with Gasteiger partial charge in [-0.15, -0.1) is 0 Å². The van der Waals surface area contributed by atoms with Crippen molar-refractivity contribution in [3.8, 4) is 0 Å². The van der Waals surface area contributed by atoms with E-state index in [2.05, 4.69) is 5.32 Å². The van der Waals surface area contributed by atoms with E-state index < -0.39 is 33.5 Å². The first-order chi connectivity index (χ1) is 9.57. The molecule has 0 bridgehead atoms. The topological polar surface area (TPSA) is 58.2 Å². The Hall–Kier alpha value is -1.19. The van der Waals surface area contributed by atoms with Gasteiger partial charge in [-0.1, -0.05) is 6.92 Å². The predicted octanol–water partition coefficient (Wildman–Crippen LogP) is 2.08. The zero-order valence-corrected chi connectivity index (χ0v) is 12.3. The van der Waals surface area contributed by atoms with Crippen LogP contribution in [0, 0.1) is 12.7 Å². The molecule has 120 valence electrons. The highest BCUT2D eigenvalue weighted by Crippen LogP contribution is 2.22. The Morgan fingerprint density at radius 1 is 1.24 bits per heavy atom. The number of alkyl halides is 3. The summed E-state index contributed by atoms with van der Waals surface area (Å²) < 4.78 is 75.3. The number of sulfonamides is 1. The molecule has 2 N–H and O–H groups in total. The number of halogens is 4. The molecule has 4 nitrogen and oxygen atoms in total. The zero-order chi connectivity index (χ0) is 16.3. The summed E-state index contributed by atoms with van der Waals surface area (Å²) in [5.41, 5.74) is 0.122. The number of rotatable bonds is 6. The number of benzene rings is 1. The molecule has 0 unspecified atom stereocenters. The van der Waals surface area contributed by atoms with Crippen LogP contribution in [0.1, 0.15) is 18.1 Å². The normalized spacial score (nSPS) is 12.7. The van der Waals surface area contributed by atoms with Crippen molar-refractivity contribution in [2.75, 3.05) is 13.1 Å². The molecule has 0 radical (unpaired) electrons. The summed E-state index contributed by atoms with van der Waals surface area (Å²) in [7, 11) is -4.43. The van der Waals surface area contributed by atoms with E-state index >= 15 is 0 Å². The molecule has 1 aromatic carbocycles. The lowest BCUT2D eigenvalue weighted by molar-refractivity contribution is -0.121. The maximum absolute atomic E-state index is 13.7. The van der Waals surface area contributed by atoms with Gasteiger partial charge >= 0.3 is 6.18 Å². The lowest BCUT2D eigenvalue weighted by Gasteiger charge is -2.13. The van der Waals surface area contributed by atoms with Gasteiger partial charge in [0.25, 0.3) is 0 Å². The molecule has 0 aliphatic rings. The van der Waals surface area contributed by atoms with Crippen molar-refractivity contribution in [1.29, 1.82) is 0 Å². The van der Waals surface area contributed by atoms with Crippen molar-refractivity contribution in [3.05, 3.63) is 29.1 Å². The molecule has 21 heavy (non-hydrogen) atoms. The summed E-state index contributed by atoms with van der Waals surface area (Å²) in [6, 6.07) is 2.32. The monoisotopic (exact) mass is 328 g/mol. The summed E-state index contributed by atoms with van der Waals surface area (Å²) in [6.07, 6.45) is -4.68. The Labute approximate surface area is 120 Å². The van der Waals surface area contributed by atoms with Gasteiger partial charge < -0.3 is 5.32 Å². The van der Waals surface area contributed by atoms with Crippen LogP contribution in [0.4, 0.5) is 17.6 Å². The van der Waals surface area contributed by atoms with Crippen LogP contribution in [0.15, 0.2) is 17.0 Å². The Morgan fingerprint density at radius 3 is 2.38 bits per heavy atom. The van der Waals surface area contributed by atoms with E-state index in [-0.39, 0.29) is 12.1 Å². The van der Waals surface area contributed by atoms with E-state index in [0.29, 0.717) is 12.1 Å². The Kier molecular flexibility index (Phi) is 5.71. The van der Waals surface area contributed by atoms with Gasteiger partial charge in [0, 0.05) is 12.1 Å². The molecule has 0 heterocycles. The third kappa shape index (κ3) is 5.25. The SMILES string of the molecule is CCNCc1cc(F)c(C)c(S(=O)(=O)NCC(F)(F)F)c1. The Bertz CT molecular complexity index is 600. The molecule has 1 rings (SSSR count). The maximum atomic E-state index is 13.7. The number of nitrogens with one attached hydrogen (secondary N) is 2. The van der Waals surface area contributed by atoms with Crippen LogP contribution in [0.3, 0.4) is 0 Å². The molecule has 1 aromatic rings. The van der Waals surface area contributed by atoms with Crippen molar-refractivity contribution in [1.82, 2.24) is 10.0 Å². The molecule has 0 amide bonds. The minimum Gasteiger partial charge on any atom is -0.313 e. The third-order valence-electron chi connectivity index (χ3n) is 2.69. The first kappa shape index (κ1) is 17.9. The highest BCUT2D eigenvalue weighted by molar-refractivity contribution is 7.89. The average molecular weight is 328 g/mol. The molecule has 0 saturated carbocycles.